The molecule has 32 heavy (non-hydrogen) atoms. The third-order valence-corrected chi connectivity index (χ3v) is 7.14. The summed E-state index contributed by atoms with van der Waals surface area (Å²) in [6, 6.07) is 8.11. The number of aromatic amines is 1. The van der Waals surface area contributed by atoms with E-state index < -0.39 is 5.92 Å². The highest BCUT2D eigenvalue weighted by Gasteiger charge is 2.42. The molecule has 7 heteroatoms. The summed E-state index contributed by atoms with van der Waals surface area (Å²) in [4.78, 5) is 36.4. The van der Waals surface area contributed by atoms with Crippen LogP contribution >= 0.6 is 11.8 Å². The van der Waals surface area contributed by atoms with Gasteiger partial charge < -0.3 is 15.2 Å². The minimum absolute atomic E-state index is 0.108. The molecule has 1 unspecified atom stereocenters. The van der Waals surface area contributed by atoms with E-state index in [0.717, 1.165) is 42.0 Å². The van der Waals surface area contributed by atoms with Gasteiger partial charge in [-0.1, -0.05) is 51.1 Å². The lowest BCUT2D eigenvalue weighted by molar-refractivity contribution is -0.118. The fraction of sp³-hybridized carbons (Fsp3) is 0.480. The van der Waals surface area contributed by atoms with Crippen LogP contribution in [0.1, 0.15) is 63.5 Å². The Kier molecular flexibility index (Phi) is 6.21. The minimum atomic E-state index is -0.410. The van der Waals surface area contributed by atoms with E-state index in [4.69, 9.17) is 4.98 Å². The van der Waals surface area contributed by atoms with Gasteiger partial charge in [0.1, 0.15) is 5.82 Å². The second kappa shape index (κ2) is 8.77. The smallest absolute Gasteiger partial charge is 0.257 e. The van der Waals surface area contributed by atoms with E-state index in [9.17, 15) is 9.59 Å². The number of nitrogens with zero attached hydrogens (tertiary/aromatic N) is 2. The average molecular weight is 453 g/mol. The number of anilines is 2. The molecule has 0 spiro atoms. The minimum Gasteiger partial charge on any atom is -0.378 e. The molecule has 0 radical (unpaired) electrons. The quantitative estimate of drug-likeness (QED) is 0.368. The zero-order valence-electron chi connectivity index (χ0n) is 19.5. The average Bonchev–Trinajstić information content (AvgIpc) is 2.71. The third-order valence-electron chi connectivity index (χ3n) is 6.18. The van der Waals surface area contributed by atoms with Gasteiger partial charge in [0.05, 0.1) is 5.56 Å². The number of thioether (sulfide) groups is 1. The normalized spacial score (nSPS) is 19.3. The van der Waals surface area contributed by atoms with Crippen LogP contribution in [0.3, 0.4) is 0 Å². The van der Waals surface area contributed by atoms with Gasteiger partial charge in [0.25, 0.3) is 5.56 Å². The van der Waals surface area contributed by atoms with Crippen molar-refractivity contribution >= 4 is 29.1 Å². The number of rotatable bonds is 6. The van der Waals surface area contributed by atoms with Gasteiger partial charge in [-0.05, 0) is 36.0 Å². The van der Waals surface area contributed by atoms with Gasteiger partial charge in [0, 0.05) is 49.1 Å². The van der Waals surface area contributed by atoms with E-state index in [2.05, 4.69) is 31.1 Å². The van der Waals surface area contributed by atoms with Crippen LogP contribution in [0.5, 0.6) is 0 Å². The van der Waals surface area contributed by atoms with Gasteiger partial charge in [-0.3, -0.25) is 9.59 Å². The molecule has 0 amide bonds. The fourth-order valence-corrected chi connectivity index (χ4v) is 5.52. The van der Waals surface area contributed by atoms with Crippen molar-refractivity contribution < 1.29 is 4.79 Å². The number of Topliss-reactive ketones (excluding diaryl/α,β-unsaturated/α-hetero) is 1. The molecule has 1 atom stereocenters. The van der Waals surface area contributed by atoms with Crippen LogP contribution in [0.15, 0.2) is 45.5 Å². The summed E-state index contributed by atoms with van der Waals surface area (Å²) in [5.41, 5.74) is 3.87. The van der Waals surface area contributed by atoms with Crippen molar-refractivity contribution in [2.24, 2.45) is 5.41 Å². The van der Waals surface area contributed by atoms with Gasteiger partial charge in [-0.2, -0.15) is 0 Å². The number of allylic oxidation sites excluding steroid dienone is 2. The van der Waals surface area contributed by atoms with Crippen molar-refractivity contribution in [3.8, 4) is 0 Å². The number of unbranched alkanes of at least 4 members (excludes halogenated alkanes) is 1. The molecule has 2 heterocycles. The van der Waals surface area contributed by atoms with E-state index in [1.807, 2.05) is 43.3 Å². The van der Waals surface area contributed by atoms with Crippen molar-refractivity contribution in [1.82, 2.24) is 9.97 Å². The first-order chi connectivity index (χ1) is 15.2. The van der Waals surface area contributed by atoms with Crippen molar-refractivity contribution in [2.45, 2.75) is 57.5 Å². The number of nitrogens with one attached hydrogen (secondary N) is 2. The largest absolute Gasteiger partial charge is 0.378 e. The van der Waals surface area contributed by atoms with Crippen LogP contribution in [0.4, 0.5) is 11.5 Å². The Morgan fingerprint density at radius 1 is 1.16 bits per heavy atom. The zero-order chi connectivity index (χ0) is 23.0. The van der Waals surface area contributed by atoms with E-state index in [1.54, 1.807) is 11.8 Å². The predicted molar refractivity (Wildman–Crippen MR) is 132 cm³/mol. The number of carbonyl (C=O) groups is 1. The molecule has 0 saturated heterocycles. The summed E-state index contributed by atoms with van der Waals surface area (Å²) in [5, 5.41) is 4.02. The van der Waals surface area contributed by atoms with Gasteiger partial charge >= 0.3 is 0 Å². The maximum Gasteiger partial charge on any atom is 0.257 e. The van der Waals surface area contributed by atoms with Crippen LogP contribution in [0.2, 0.25) is 0 Å². The lowest BCUT2D eigenvalue weighted by Gasteiger charge is -2.38. The Morgan fingerprint density at radius 3 is 2.53 bits per heavy atom. The number of aromatic nitrogens is 2. The monoisotopic (exact) mass is 452 g/mol. The number of carbonyl (C=O) groups excluding carboxylic acids is 1. The van der Waals surface area contributed by atoms with Gasteiger partial charge in [0.15, 0.2) is 10.9 Å². The van der Waals surface area contributed by atoms with Gasteiger partial charge in [-0.15, -0.1) is 0 Å². The predicted octanol–water partition coefficient (Wildman–Crippen LogP) is 4.93. The van der Waals surface area contributed by atoms with Crippen LogP contribution in [0.25, 0.3) is 0 Å². The molecular formula is C25H32N4O2S. The van der Waals surface area contributed by atoms with Crippen molar-refractivity contribution in [1.29, 1.82) is 0 Å². The molecule has 2 N–H and O–H groups in total. The molecule has 0 saturated carbocycles. The SMILES string of the molecule is CCCCSc1nc2c(c(=O)[nH]1)C(c1ccc(N(C)C)cc1)C1=C(CC(C)(C)CC1=O)N2. The van der Waals surface area contributed by atoms with E-state index in [1.165, 1.54) is 0 Å². The molecule has 0 bridgehead atoms. The number of hydrogen-bond acceptors (Lipinski definition) is 6. The number of ketones is 1. The Labute approximate surface area is 193 Å². The molecule has 2 aromatic rings. The van der Waals surface area contributed by atoms with E-state index in [0.29, 0.717) is 28.5 Å². The van der Waals surface area contributed by atoms with E-state index >= 15 is 0 Å². The highest BCUT2D eigenvalue weighted by molar-refractivity contribution is 7.99. The zero-order valence-corrected chi connectivity index (χ0v) is 20.4. The molecule has 2 aliphatic rings. The highest BCUT2D eigenvalue weighted by atomic mass is 32.2. The standard InChI is InChI=1S/C25H32N4O2S/c1-6-7-12-32-24-27-22-21(23(31)28-24)19(15-8-10-16(11-9-15)29(4)5)20-17(26-22)13-25(2,3)14-18(20)30/h8-11,19H,6-7,12-14H2,1-5H3,(H2,26,27,28,31). The molecule has 1 aliphatic carbocycles. The molecule has 1 aromatic carbocycles. The van der Waals surface area contributed by atoms with Crippen LogP contribution in [-0.4, -0.2) is 35.6 Å². The van der Waals surface area contributed by atoms with Crippen molar-refractivity contribution in [3.05, 3.63) is 57.0 Å². The number of benzene rings is 1. The first-order valence-electron chi connectivity index (χ1n) is 11.3. The number of H-pyrrole nitrogens is 1. The van der Waals surface area contributed by atoms with Gasteiger partial charge in [-0.25, -0.2) is 4.98 Å². The summed E-state index contributed by atoms with van der Waals surface area (Å²) >= 11 is 1.57. The molecule has 1 aromatic heterocycles. The number of hydrogen-bond donors (Lipinski definition) is 2. The van der Waals surface area contributed by atoms with Crippen molar-refractivity contribution in [2.75, 3.05) is 30.1 Å². The molecular weight excluding hydrogens is 420 g/mol. The first kappa shape index (κ1) is 22.6. The fourth-order valence-electron chi connectivity index (χ4n) is 4.57. The molecule has 6 nitrogen and oxygen atoms in total. The number of fused-ring (bicyclic) bond motifs is 1. The summed E-state index contributed by atoms with van der Waals surface area (Å²) in [5.74, 6) is 1.19. The molecule has 0 fully saturated rings. The summed E-state index contributed by atoms with van der Waals surface area (Å²) in [6.07, 6.45) is 3.40. The summed E-state index contributed by atoms with van der Waals surface area (Å²) in [6.45, 7) is 6.38. The van der Waals surface area contributed by atoms with Crippen molar-refractivity contribution in [3.63, 3.8) is 0 Å². The topological polar surface area (TPSA) is 78.1 Å². The Morgan fingerprint density at radius 2 is 1.88 bits per heavy atom. The second-order valence-electron chi connectivity index (χ2n) is 9.71. The lowest BCUT2D eigenvalue weighted by Crippen LogP contribution is -2.37. The summed E-state index contributed by atoms with van der Waals surface area (Å²) < 4.78 is 0. The maximum absolute atomic E-state index is 13.3. The molecule has 4 rings (SSSR count). The van der Waals surface area contributed by atoms with Crippen LogP contribution < -0.4 is 15.8 Å². The van der Waals surface area contributed by atoms with E-state index in [-0.39, 0.29) is 16.8 Å². The first-order valence-corrected chi connectivity index (χ1v) is 12.3. The Hall–Kier alpha value is -2.54. The van der Waals surface area contributed by atoms with Crippen LogP contribution in [-0.2, 0) is 4.79 Å². The molecule has 170 valence electrons. The Balaban J connectivity index is 1.84. The third kappa shape index (κ3) is 4.35. The van der Waals surface area contributed by atoms with Crippen LogP contribution in [0, 0.1) is 5.41 Å². The maximum atomic E-state index is 13.3. The van der Waals surface area contributed by atoms with Gasteiger partial charge in [0.2, 0.25) is 0 Å². The summed E-state index contributed by atoms with van der Waals surface area (Å²) in [7, 11) is 3.99. The second-order valence-corrected chi connectivity index (χ2v) is 10.8. The molecule has 1 aliphatic heterocycles. The highest BCUT2D eigenvalue weighted by Crippen LogP contribution is 2.47. The Bertz CT molecular complexity index is 1120. The lowest BCUT2D eigenvalue weighted by atomic mass is 9.69.